The topological polar surface area (TPSA) is 83.9 Å². The number of aromatic amines is 1. The summed E-state index contributed by atoms with van der Waals surface area (Å²) in [6.45, 7) is 5.50. The number of ether oxygens (including phenoxy) is 1. The summed E-state index contributed by atoms with van der Waals surface area (Å²) in [4.78, 5) is 6.77. The number of nitrogens with one attached hydrogen (secondary N) is 2. The molecule has 4 rings (SSSR count). The first kappa shape index (κ1) is 15.1. The molecule has 3 aromatic heterocycles. The van der Waals surface area contributed by atoms with Crippen LogP contribution in [-0.2, 0) is 11.3 Å². The molecule has 0 amide bonds. The highest BCUT2D eigenvalue weighted by Gasteiger charge is 2.13. The number of H-pyrrole nitrogens is 1. The summed E-state index contributed by atoms with van der Waals surface area (Å²) in [5, 5.41) is 16.0. The number of fused-ring (bicyclic) bond motifs is 1. The molecule has 4 heterocycles. The zero-order valence-electron chi connectivity index (χ0n) is 13.7. The molecule has 24 heavy (non-hydrogen) atoms. The van der Waals surface area contributed by atoms with Gasteiger partial charge in [-0.05, 0) is 0 Å². The van der Waals surface area contributed by atoms with Crippen molar-refractivity contribution >= 4 is 16.7 Å². The van der Waals surface area contributed by atoms with E-state index in [2.05, 4.69) is 30.5 Å². The number of hydrogen-bond donors (Lipinski definition) is 2. The molecule has 126 valence electrons. The molecule has 8 nitrogen and oxygen atoms in total. The second kappa shape index (κ2) is 6.58. The molecule has 1 saturated heterocycles. The third-order valence-electron chi connectivity index (χ3n) is 4.36. The van der Waals surface area contributed by atoms with Gasteiger partial charge in [0.25, 0.3) is 0 Å². The molecule has 1 aliphatic rings. The lowest BCUT2D eigenvalue weighted by molar-refractivity contribution is 0.0360. The van der Waals surface area contributed by atoms with Gasteiger partial charge in [0, 0.05) is 56.1 Å². The SMILES string of the molecule is CNc1cc2[nH]nc(-c3cnn(CCN4CCOCC4)c3)c2cn1. The molecule has 1 fully saturated rings. The first-order valence-corrected chi connectivity index (χ1v) is 8.18. The van der Waals surface area contributed by atoms with Gasteiger partial charge < -0.3 is 10.1 Å². The van der Waals surface area contributed by atoms with E-state index in [-0.39, 0.29) is 0 Å². The molecule has 0 aliphatic carbocycles. The average Bonchev–Trinajstić information content (AvgIpc) is 3.26. The number of rotatable bonds is 5. The maximum absolute atomic E-state index is 5.38. The van der Waals surface area contributed by atoms with E-state index in [0.717, 1.165) is 67.4 Å². The minimum absolute atomic E-state index is 0.818. The third kappa shape index (κ3) is 2.98. The van der Waals surface area contributed by atoms with E-state index >= 15 is 0 Å². The number of pyridine rings is 1. The number of anilines is 1. The van der Waals surface area contributed by atoms with E-state index in [1.54, 1.807) is 0 Å². The third-order valence-corrected chi connectivity index (χ3v) is 4.36. The first-order valence-electron chi connectivity index (χ1n) is 8.18. The highest BCUT2D eigenvalue weighted by Crippen LogP contribution is 2.26. The molecule has 2 N–H and O–H groups in total. The second-order valence-electron chi connectivity index (χ2n) is 5.88. The van der Waals surface area contributed by atoms with Crippen molar-refractivity contribution in [1.82, 2.24) is 29.9 Å². The van der Waals surface area contributed by atoms with Crippen LogP contribution in [0, 0.1) is 0 Å². The van der Waals surface area contributed by atoms with Crippen LogP contribution in [0.2, 0.25) is 0 Å². The van der Waals surface area contributed by atoms with Crippen LogP contribution in [0.5, 0.6) is 0 Å². The van der Waals surface area contributed by atoms with E-state index in [4.69, 9.17) is 4.74 Å². The largest absolute Gasteiger partial charge is 0.379 e. The highest BCUT2D eigenvalue weighted by atomic mass is 16.5. The Hall–Kier alpha value is -2.45. The Labute approximate surface area is 139 Å². The minimum atomic E-state index is 0.818. The van der Waals surface area contributed by atoms with Gasteiger partial charge in [0.2, 0.25) is 0 Å². The van der Waals surface area contributed by atoms with Crippen LogP contribution >= 0.6 is 0 Å². The highest BCUT2D eigenvalue weighted by molar-refractivity contribution is 5.93. The van der Waals surface area contributed by atoms with E-state index in [1.165, 1.54) is 0 Å². The van der Waals surface area contributed by atoms with Gasteiger partial charge in [-0.25, -0.2) is 4.98 Å². The van der Waals surface area contributed by atoms with E-state index in [0.29, 0.717) is 0 Å². The van der Waals surface area contributed by atoms with Gasteiger partial charge in [-0.2, -0.15) is 10.2 Å². The summed E-state index contributed by atoms with van der Waals surface area (Å²) in [5.41, 5.74) is 2.85. The molecule has 0 atom stereocenters. The first-order chi connectivity index (χ1) is 11.8. The smallest absolute Gasteiger partial charge is 0.127 e. The van der Waals surface area contributed by atoms with Crippen molar-refractivity contribution < 1.29 is 4.74 Å². The Bertz CT molecular complexity index is 819. The predicted octanol–water partition coefficient (Wildman–Crippen LogP) is 1.20. The van der Waals surface area contributed by atoms with Gasteiger partial charge >= 0.3 is 0 Å². The number of nitrogens with zero attached hydrogens (tertiary/aromatic N) is 5. The van der Waals surface area contributed by atoms with Crippen molar-refractivity contribution in [2.75, 3.05) is 45.2 Å². The van der Waals surface area contributed by atoms with Crippen LogP contribution in [0.1, 0.15) is 0 Å². The van der Waals surface area contributed by atoms with Gasteiger partial charge in [-0.1, -0.05) is 0 Å². The Morgan fingerprint density at radius 2 is 2.12 bits per heavy atom. The summed E-state index contributed by atoms with van der Waals surface area (Å²) in [6.07, 6.45) is 5.74. The van der Waals surface area contributed by atoms with E-state index < -0.39 is 0 Å². The molecule has 0 aromatic carbocycles. The summed E-state index contributed by atoms with van der Waals surface area (Å²) in [7, 11) is 1.85. The van der Waals surface area contributed by atoms with Crippen molar-refractivity contribution in [3.8, 4) is 11.3 Å². The maximum Gasteiger partial charge on any atom is 0.127 e. The molecule has 0 saturated carbocycles. The van der Waals surface area contributed by atoms with Crippen LogP contribution in [0.3, 0.4) is 0 Å². The van der Waals surface area contributed by atoms with Crippen LogP contribution in [0.15, 0.2) is 24.7 Å². The number of morpholine rings is 1. The lowest BCUT2D eigenvalue weighted by Gasteiger charge is -2.26. The average molecular weight is 327 g/mol. The van der Waals surface area contributed by atoms with Crippen LogP contribution in [0.25, 0.3) is 22.2 Å². The molecule has 3 aromatic rings. The fraction of sp³-hybridized carbons (Fsp3) is 0.438. The molecule has 0 spiro atoms. The zero-order chi connectivity index (χ0) is 16.4. The summed E-state index contributed by atoms with van der Waals surface area (Å²) >= 11 is 0. The van der Waals surface area contributed by atoms with Crippen molar-refractivity contribution in [3.63, 3.8) is 0 Å². The molecular formula is C16H21N7O. The van der Waals surface area contributed by atoms with Crippen molar-refractivity contribution in [2.24, 2.45) is 0 Å². The standard InChI is InChI=1S/C16H21N7O/c1-17-15-8-14-13(10-18-15)16(21-20-14)12-9-19-23(11-12)3-2-22-4-6-24-7-5-22/h8-11H,2-7H2,1H3,(H,17,18)(H,20,21). The molecule has 1 aliphatic heterocycles. The summed E-state index contributed by atoms with van der Waals surface area (Å²) < 4.78 is 7.35. The Morgan fingerprint density at radius 3 is 2.96 bits per heavy atom. The van der Waals surface area contributed by atoms with Crippen molar-refractivity contribution in [1.29, 1.82) is 0 Å². The molecule has 0 bridgehead atoms. The van der Waals surface area contributed by atoms with Crippen LogP contribution in [0.4, 0.5) is 5.82 Å². The van der Waals surface area contributed by atoms with Crippen LogP contribution < -0.4 is 5.32 Å². The van der Waals surface area contributed by atoms with E-state index in [1.807, 2.05) is 36.4 Å². The van der Waals surface area contributed by atoms with Gasteiger partial charge in [0.1, 0.15) is 11.5 Å². The lowest BCUT2D eigenvalue weighted by Crippen LogP contribution is -2.38. The summed E-state index contributed by atoms with van der Waals surface area (Å²) in [6, 6.07) is 1.95. The number of hydrogen-bond acceptors (Lipinski definition) is 6. The number of aromatic nitrogens is 5. The van der Waals surface area contributed by atoms with Gasteiger partial charge in [0.15, 0.2) is 0 Å². The van der Waals surface area contributed by atoms with Gasteiger partial charge in [-0.15, -0.1) is 0 Å². The molecule has 0 unspecified atom stereocenters. The lowest BCUT2D eigenvalue weighted by atomic mass is 10.2. The fourth-order valence-electron chi connectivity index (χ4n) is 2.95. The normalized spacial score (nSPS) is 15.9. The van der Waals surface area contributed by atoms with Crippen LogP contribution in [-0.4, -0.2) is 69.8 Å². The zero-order valence-corrected chi connectivity index (χ0v) is 13.7. The monoisotopic (exact) mass is 327 g/mol. The van der Waals surface area contributed by atoms with Gasteiger partial charge in [-0.3, -0.25) is 14.7 Å². The summed E-state index contributed by atoms with van der Waals surface area (Å²) in [5.74, 6) is 0.818. The van der Waals surface area contributed by atoms with Crippen molar-refractivity contribution in [3.05, 3.63) is 24.7 Å². The quantitative estimate of drug-likeness (QED) is 0.732. The molecular weight excluding hydrogens is 306 g/mol. The fourth-order valence-corrected chi connectivity index (χ4v) is 2.95. The molecule has 0 radical (unpaired) electrons. The van der Waals surface area contributed by atoms with E-state index in [9.17, 15) is 0 Å². The predicted molar refractivity (Wildman–Crippen MR) is 91.9 cm³/mol. The van der Waals surface area contributed by atoms with Crippen molar-refractivity contribution in [2.45, 2.75) is 6.54 Å². The Morgan fingerprint density at radius 1 is 1.25 bits per heavy atom. The Balaban J connectivity index is 1.50. The Kier molecular flexibility index (Phi) is 4.14. The maximum atomic E-state index is 5.38. The second-order valence-corrected chi connectivity index (χ2v) is 5.88. The minimum Gasteiger partial charge on any atom is -0.379 e. The molecule has 8 heteroatoms. The van der Waals surface area contributed by atoms with Gasteiger partial charge in [0.05, 0.1) is 31.5 Å².